The van der Waals surface area contributed by atoms with Crippen molar-refractivity contribution in [3.63, 3.8) is 0 Å². The maximum Gasteiger partial charge on any atom is 0.246 e. The fourth-order valence-electron chi connectivity index (χ4n) is 11.2. The molecule has 15 nitrogen and oxygen atoms in total. The molecule has 3 aromatic rings. The zero-order chi connectivity index (χ0) is 47.3. The van der Waals surface area contributed by atoms with E-state index in [1.54, 1.807) is 6.07 Å². The van der Waals surface area contributed by atoms with Crippen LogP contribution in [-0.2, 0) is 20.9 Å². The Morgan fingerprint density at radius 3 is 2.30 bits per heavy atom. The smallest absolute Gasteiger partial charge is 0.246 e. The molecule has 15 heteroatoms. The van der Waals surface area contributed by atoms with E-state index in [9.17, 15) is 24.6 Å². The predicted octanol–water partition coefficient (Wildman–Crippen LogP) is 4.29. The van der Waals surface area contributed by atoms with Crippen LogP contribution in [0.5, 0.6) is 5.75 Å². The molecule has 360 valence electrons. The number of likely N-dealkylation sites (tertiary alicyclic amines) is 3. The van der Waals surface area contributed by atoms with Crippen molar-refractivity contribution in [2.24, 2.45) is 10.8 Å². The van der Waals surface area contributed by atoms with E-state index in [2.05, 4.69) is 51.7 Å². The number of terminal acetylenes is 1. The number of β-amino-alcohol motifs (C(OH)–C–C–N with tert-alkyl or cyclic N) is 1. The Morgan fingerprint density at radius 1 is 0.910 bits per heavy atom. The number of rotatable bonds is 16. The number of amides is 3. The highest BCUT2D eigenvalue weighted by Crippen LogP contribution is 2.51. The Bertz CT molecular complexity index is 2230. The van der Waals surface area contributed by atoms with Crippen LogP contribution in [0.15, 0.2) is 54.6 Å². The molecule has 8 rings (SSSR count). The number of aromatic hydroxyl groups is 1. The average Bonchev–Trinajstić information content (AvgIpc) is 3.70. The molecule has 4 aliphatic heterocycles. The molecule has 1 spiro atoms. The predicted molar refractivity (Wildman–Crippen MR) is 261 cm³/mol. The van der Waals surface area contributed by atoms with E-state index in [1.165, 1.54) is 43.7 Å². The molecule has 5 aliphatic rings. The van der Waals surface area contributed by atoms with Gasteiger partial charge in [-0.2, -0.15) is 0 Å². The van der Waals surface area contributed by atoms with Crippen LogP contribution in [0.4, 0.5) is 11.5 Å². The molecule has 3 atom stereocenters. The standard InChI is InChI=1S/C52H72N10O5/c1-6-36-15-17-37(18-16-36)32-54-49(66)44-28-40(63)33-62(44)50(67)47(51(2,3)4)55-46(65)14-8-7-11-21-58-22-19-38(20-23-58)61-34-52(35-61)30-39(31-52)59-24-26-60(27-25-59)43-29-42(56-57-48(43)53-5)41-12-9-10-13-45(41)64/h1,9-10,12-13,15-18,29,38-40,44,47,63-64H,7-8,11,14,19-28,30-35H2,2-5H3,(H,53,57)(H,54,66)(H,55,65)/t40-,44+,47-/m1/s1. The van der Waals surface area contributed by atoms with Crippen LogP contribution in [0.25, 0.3) is 11.3 Å². The summed E-state index contributed by atoms with van der Waals surface area (Å²) in [6.45, 7) is 15.8. The number of aromatic nitrogens is 2. The number of piperazine rings is 1. The van der Waals surface area contributed by atoms with E-state index in [-0.39, 0.29) is 43.0 Å². The number of nitrogens with zero attached hydrogens (tertiary/aromatic N) is 7. The van der Waals surface area contributed by atoms with Gasteiger partial charge in [-0.25, -0.2) is 0 Å². The molecule has 3 amide bonds. The fourth-order valence-corrected chi connectivity index (χ4v) is 11.2. The number of aliphatic hydroxyl groups is 1. The SMILES string of the molecule is C#Cc1ccc(CNC(=O)[C@@H]2C[C@@H](O)CN2C(=O)[C@@H](NC(=O)CCCCCN2CCC(N3CC4(CC(N5CCN(c6cc(-c7ccccc7O)nnc6NC)CC5)C4)C3)CC2)C(C)(C)C)cc1. The summed E-state index contributed by atoms with van der Waals surface area (Å²) in [6.07, 6.45) is 12.9. The molecule has 5 fully saturated rings. The molecule has 1 aromatic heterocycles. The van der Waals surface area contributed by atoms with Crippen LogP contribution in [0.2, 0.25) is 0 Å². The summed E-state index contributed by atoms with van der Waals surface area (Å²) in [7, 11) is 1.88. The van der Waals surface area contributed by atoms with Crippen molar-refractivity contribution in [2.45, 2.75) is 115 Å². The summed E-state index contributed by atoms with van der Waals surface area (Å²) in [5.74, 6) is 2.70. The minimum Gasteiger partial charge on any atom is -0.507 e. The lowest BCUT2D eigenvalue weighted by Gasteiger charge is -2.63. The van der Waals surface area contributed by atoms with E-state index in [0.29, 0.717) is 35.2 Å². The van der Waals surface area contributed by atoms with Gasteiger partial charge in [-0.05, 0) is 105 Å². The summed E-state index contributed by atoms with van der Waals surface area (Å²) < 4.78 is 0. The van der Waals surface area contributed by atoms with Crippen molar-refractivity contribution in [3.8, 4) is 29.4 Å². The van der Waals surface area contributed by atoms with Crippen LogP contribution in [0.3, 0.4) is 0 Å². The average molecular weight is 917 g/mol. The van der Waals surface area contributed by atoms with Crippen molar-refractivity contribution in [2.75, 3.05) is 82.7 Å². The first kappa shape index (κ1) is 48.2. The molecule has 0 radical (unpaired) electrons. The maximum absolute atomic E-state index is 14.0. The fraction of sp³-hybridized carbons (Fsp3) is 0.596. The Hall–Kier alpha value is -5.27. The number of anilines is 2. The second kappa shape index (κ2) is 20.9. The number of hydrogen-bond acceptors (Lipinski definition) is 12. The molecule has 2 aromatic carbocycles. The maximum atomic E-state index is 14.0. The van der Waals surface area contributed by atoms with Crippen molar-refractivity contribution in [3.05, 3.63) is 65.7 Å². The second-order valence-corrected chi connectivity index (χ2v) is 20.9. The zero-order valence-corrected chi connectivity index (χ0v) is 40.1. The molecule has 0 bridgehead atoms. The van der Waals surface area contributed by atoms with Crippen LogP contribution >= 0.6 is 0 Å². The zero-order valence-electron chi connectivity index (χ0n) is 40.1. The second-order valence-electron chi connectivity index (χ2n) is 20.9. The van der Waals surface area contributed by atoms with Crippen LogP contribution in [-0.4, -0.2) is 160 Å². The topological polar surface area (TPSA) is 170 Å². The number of para-hydroxylation sites is 1. The van der Waals surface area contributed by atoms with E-state index < -0.39 is 23.6 Å². The number of phenols is 1. The summed E-state index contributed by atoms with van der Waals surface area (Å²) in [4.78, 5) is 52.4. The van der Waals surface area contributed by atoms with Gasteiger partial charge in [0.2, 0.25) is 17.7 Å². The normalized spacial score (nSPS) is 22.1. The van der Waals surface area contributed by atoms with Gasteiger partial charge in [0.05, 0.1) is 17.5 Å². The number of phenolic OH excluding ortho intramolecular Hbond substituents is 1. The van der Waals surface area contributed by atoms with Gasteiger partial charge in [-0.3, -0.25) is 24.2 Å². The number of hydrogen-bond donors (Lipinski definition) is 5. The third-order valence-electron chi connectivity index (χ3n) is 15.1. The van der Waals surface area contributed by atoms with Gasteiger partial charge >= 0.3 is 0 Å². The number of aliphatic hydroxyl groups excluding tert-OH is 1. The molecule has 0 unspecified atom stereocenters. The summed E-state index contributed by atoms with van der Waals surface area (Å²) in [5.41, 5.74) is 3.93. The van der Waals surface area contributed by atoms with Crippen LogP contribution < -0.4 is 20.9 Å². The highest BCUT2D eigenvalue weighted by molar-refractivity contribution is 5.93. The molecule has 1 saturated carbocycles. The Labute approximate surface area is 397 Å². The highest BCUT2D eigenvalue weighted by atomic mass is 16.3. The first-order chi connectivity index (χ1) is 32.2. The van der Waals surface area contributed by atoms with Gasteiger partial charge in [-0.1, -0.05) is 57.4 Å². The van der Waals surface area contributed by atoms with Crippen molar-refractivity contribution >= 4 is 29.2 Å². The monoisotopic (exact) mass is 917 g/mol. The first-order valence-corrected chi connectivity index (χ1v) is 24.6. The lowest BCUT2D eigenvalue weighted by molar-refractivity contribution is -0.144. The Morgan fingerprint density at radius 2 is 1.63 bits per heavy atom. The number of unbranched alkanes of at least 4 members (excludes halogenated alkanes) is 2. The number of carbonyl (C=O) groups is 3. The minimum atomic E-state index is -0.830. The van der Waals surface area contributed by atoms with Crippen molar-refractivity contribution < 1.29 is 24.6 Å². The molecule has 4 saturated heterocycles. The third-order valence-corrected chi connectivity index (χ3v) is 15.1. The number of piperidine rings is 1. The number of benzene rings is 2. The van der Waals surface area contributed by atoms with Gasteiger partial charge in [0, 0.05) is 95.5 Å². The third kappa shape index (κ3) is 11.4. The molecule has 5 heterocycles. The van der Waals surface area contributed by atoms with Crippen LogP contribution in [0, 0.1) is 23.2 Å². The Kier molecular flexibility index (Phi) is 15.1. The van der Waals surface area contributed by atoms with Gasteiger partial charge in [0.1, 0.15) is 17.8 Å². The van der Waals surface area contributed by atoms with Gasteiger partial charge in [0.25, 0.3) is 0 Å². The Balaban J connectivity index is 0.699. The van der Waals surface area contributed by atoms with Crippen molar-refractivity contribution in [1.82, 2.24) is 40.4 Å². The number of carbonyl (C=O) groups excluding carboxylic acids is 3. The molecular weight excluding hydrogens is 845 g/mol. The van der Waals surface area contributed by atoms with E-state index in [1.807, 2.05) is 76.3 Å². The van der Waals surface area contributed by atoms with Gasteiger partial charge < -0.3 is 40.9 Å². The lowest BCUT2D eigenvalue weighted by atomic mass is 9.59. The summed E-state index contributed by atoms with van der Waals surface area (Å²) in [6, 6.07) is 16.4. The lowest BCUT2D eigenvalue weighted by Crippen LogP contribution is -2.69. The largest absolute Gasteiger partial charge is 0.507 e. The summed E-state index contributed by atoms with van der Waals surface area (Å²) >= 11 is 0. The van der Waals surface area contributed by atoms with Crippen molar-refractivity contribution in [1.29, 1.82) is 0 Å². The van der Waals surface area contributed by atoms with E-state index >= 15 is 0 Å². The van der Waals surface area contributed by atoms with Crippen LogP contribution in [0.1, 0.15) is 89.7 Å². The highest BCUT2D eigenvalue weighted by Gasteiger charge is 2.55. The molecule has 67 heavy (non-hydrogen) atoms. The van der Waals surface area contributed by atoms with E-state index in [0.717, 1.165) is 87.7 Å². The van der Waals surface area contributed by atoms with Gasteiger partial charge in [-0.15, -0.1) is 16.6 Å². The molecular formula is C52H72N10O5. The number of nitrogens with one attached hydrogen (secondary N) is 3. The van der Waals surface area contributed by atoms with Gasteiger partial charge in [0.15, 0.2) is 5.82 Å². The summed E-state index contributed by atoms with van der Waals surface area (Å²) in [5, 5.41) is 38.9. The molecule has 5 N–H and O–H groups in total. The molecule has 1 aliphatic carbocycles. The first-order valence-electron chi connectivity index (χ1n) is 24.6. The minimum absolute atomic E-state index is 0.0451. The van der Waals surface area contributed by atoms with E-state index in [4.69, 9.17) is 6.42 Å². The quantitative estimate of drug-likeness (QED) is 0.102.